The molecule has 5 aromatic rings. The third kappa shape index (κ3) is 3.63. The third-order valence-electron chi connectivity index (χ3n) is 6.11. The van der Waals surface area contributed by atoms with Crippen molar-refractivity contribution in [3.05, 3.63) is 119 Å². The van der Waals surface area contributed by atoms with Gasteiger partial charge in [0.1, 0.15) is 0 Å². The number of hydrogen-bond acceptors (Lipinski definition) is 4. The van der Waals surface area contributed by atoms with Crippen LogP contribution in [0.25, 0.3) is 11.4 Å². The Hall–Kier alpha value is -4.32. The maximum Gasteiger partial charge on any atom is 0.0638 e. The average molecular weight is 449 g/mol. The van der Waals surface area contributed by atoms with E-state index < -0.39 is 5.92 Å². The molecule has 0 spiro atoms. The predicted octanol–water partition coefficient (Wildman–Crippen LogP) is 4.31. The number of benzene rings is 3. The van der Waals surface area contributed by atoms with Crippen molar-refractivity contribution in [1.29, 1.82) is 0 Å². The molecule has 0 saturated heterocycles. The smallest absolute Gasteiger partial charge is 0.0638 e. The van der Waals surface area contributed by atoms with E-state index in [1.807, 2.05) is 106 Å². The molecule has 170 valence electrons. The zero-order chi connectivity index (χ0) is 23.8. The molecule has 0 atom stereocenters. The van der Waals surface area contributed by atoms with Gasteiger partial charge >= 0.3 is 0 Å². The van der Waals surface area contributed by atoms with Gasteiger partial charge in [-0.25, -0.2) is 9.36 Å². The molecule has 0 aliphatic rings. The van der Waals surface area contributed by atoms with Crippen LogP contribution in [0, 0.1) is 20.8 Å². The molecule has 3 aromatic carbocycles. The first kappa shape index (κ1) is 21.5. The highest BCUT2D eigenvalue weighted by Gasteiger charge is 2.27. The van der Waals surface area contributed by atoms with Gasteiger partial charge in [0.05, 0.1) is 22.8 Å². The summed E-state index contributed by atoms with van der Waals surface area (Å²) in [5.74, 6) is -1.06. The Morgan fingerprint density at radius 2 is 1.00 bits per heavy atom. The lowest BCUT2D eigenvalue weighted by Gasteiger charge is -2.25. The number of rotatable bonds is 5. The first-order chi connectivity index (χ1) is 16.5. The van der Waals surface area contributed by atoms with Gasteiger partial charge in [-0.05, 0) is 73.5 Å². The molecular formula is C28H24N4O2-2. The molecule has 6 heteroatoms. The Morgan fingerprint density at radius 1 is 0.588 bits per heavy atom. The second kappa shape index (κ2) is 8.56. The van der Waals surface area contributed by atoms with Gasteiger partial charge in [-0.1, -0.05) is 66.2 Å². The minimum atomic E-state index is -0.587. The minimum Gasteiger partial charge on any atom is -0.858 e. The van der Waals surface area contributed by atoms with E-state index in [1.165, 1.54) is 9.36 Å². The summed E-state index contributed by atoms with van der Waals surface area (Å²) in [4.78, 5) is 0. The van der Waals surface area contributed by atoms with Crippen LogP contribution < -0.4 is 10.2 Å². The van der Waals surface area contributed by atoms with Crippen LogP contribution in [0.3, 0.4) is 0 Å². The van der Waals surface area contributed by atoms with Gasteiger partial charge < -0.3 is 10.2 Å². The van der Waals surface area contributed by atoms with E-state index in [4.69, 9.17) is 0 Å². The van der Waals surface area contributed by atoms with E-state index in [-0.39, 0.29) is 11.8 Å². The lowest BCUT2D eigenvalue weighted by Crippen LogP contribution is -2.12. The van der Waals surface area contributed by atoms with Crippen molar-refractivity contribution in [1.82, 2.24) is 19.6 Å². The highest BCUT2D eigenvalue weighted by molar-refractivity contribution is 5.55. The fourth-order valence-corrected chi connectivity index (χ4v) is 4.43. The van der Waals surface area contributed by atoms with Crippen molar-refractivity contribution >= 4 is 0 Å². The summed E-state index contributed by atoms with van der Waals surface area (Å²) >= 11 is 0. The van der Waals surface area contributed by atoms with Crippen molar-refractivity contribution in [2.75, 3.05) is 0 Å². The van der Waals surface area contributed by atoms with Gasteiger partial charge in [-0.2, -0.15) is 10.2 Å². The lowest BCUT2D eigenvalue weighted by molar-refractivity contribution is -0.280. The molecule has 0 aliphatic heterocycles. The van der Waals surface area contributed by atoms with Gasteiger partial charge in [-0.15, -0.1) is 0 Å². The number of nitrogens with zero attached hydrogens (tertiary/aromatic N) is 4. The van der Waals surface area contributed by atoms with Crippen LogP contribution in [0.15, 0.2) is 84.9 Å². The van der Waals surface area contributed by atoms with Crippen molar-refractivity contribution in [2.24, 2.45) is 0 Å². The maximum absolute atomic E-state index is 13.7. The van der Waals surface area contributed by atoms with E-state index in [0.29, 0.717) is 33.9 Å². The Balaban J connectivity index is 1.75. The Labute approximate surface area is 198 Å². The summed E-state index contributed by atoms with van der Waals surface area (Å²) in [5, 5.41) is 36.6. The Kier molecular flexibility index (Phi) is 5.42. The number of hydrogen-bond donors (Lipinski definition) is 0. The molecule has 2 aromatic heterocycles. The summed E-state index contributed by atoms with van der Waals surface area (Å²) < 4.78 is 2.82. The quantitative estimate of drug-likeness (QED) is 0.401. The SMILES string of the molecule is Cc1ccc(C(c2c(C)nn(-c3ccccc3)c2[O-])c2c(C)nn(-c3ccccc3)c2[O-])cc1. The van der Waals surface area contributed by atoms with E-state index in [0.717, 1.165) is 11.1 Å². The van der Waals surface area contributed by atoms with Crippen LogP contribution >= 0.6 is 0 Å². The molecule has 0 saturated carbocycles. The second-order valence-electron chi connectivity index (χ2n) is 8.45. The largest absolute Gasteiger partial charge is 0.858 e. The molecule has 0 N–H and O–H groups in total. The fraction of sp³-hybridized carbons (Fsp3) is 0.143. The molecule has 0 aliphatic carbocycles. The minimum absolute atomic E-state index is 0.236. The van der Waals surface area contributed by atoms with Gasteiger partial charge in [-0.3, -0.25) is 0 Å². The molecule has 0 amide bonds. The molecule has 0 bridgehead atoms. The first-order valence-electron chi connectivity index (χ1n) is 11.2. The van der Waals surface area contributed by atoms with Crippen molar-refractivity contribution in [3.8, 4) is 23.1 Å². The van der Waals surface area contributed by atoms with Crippen LogP contribution in [0.2, 0.25) is 0 Å². The highest BCUT2D eigenvalue weighted by atomic mass is 16.3. The second-order valence-corrected chi connectivity index (χ2v) is 8.45. The number of aromatic nitrogens is 4. The Bertz CT molecular complexity index is 1350. The van der Waals surface area contributed by atoms with Crippen molar-refractivity contribution in [3.63, 3.8) is 0 Å². The average Bonchev–Trinajstić information content (AvgIpc) is 3.32. The van der Waals surface area contributed by atoms with E-state index in [2.05, 4.69) is 10.2 Å². The predicted molar refractivity (Wildman–Crippen MR) is 128 cm³/mol. The van der Waals surface area contributed by atoms with Crippen LogP contribution in [0.4, 0.5) is 0 Å². The van der Waals surface area contributed by atoms with E-state index >= 15 is 0 Å². The molecule has 0 fully saturated rings. The number of aryl methyl sites for hydroxylation is 3. The van der Waals surface area contributed by atoms with Crippen LogP contribution in [0.1, 0.15) is 39.6 Å². The molecule has 5 rings (SSSR count). The first-order valence-corrected chi connectivity index (χ1v) is 11.2. The summed E-state index contributed by atoms with van der Waals surface area (Å²) in [7, 11) is 0. The van der Waals surface area contributed by atoms with Gasteiger partial charge in [0.25, 0.3) is 0 Å². The topological polar surface area (TPSA) is 81.8 Å². The Morgan fingerprint density at radius 3 is 1.41 bits per heavy atom. The normalized spacial score (nSPS) is 11.3. The monoisotopic (exact) mass is 448 g/mol. The van der Waals surface area contributed by atoms with Gasteiger partial charge in [0.15, 0.2) is 0 Å². The number of para-hydroxylation sites is 2. The van der Waals surface area contributed by atoms with Crippen molar-refractivity contribution < 1.29 is 10.2 Å². The molecule has 6 nitrogen and oxygen atoms in total. The van der Waals surface area contributed by atoms with Crippen molar-refractivity contribution in [2.45, 2.75) is 26.7 Å². The fourth-order valence-electron chi connectivity index (χ4n) is 4.43. The molecule has 0 radical (unpaired) electrons. The molecule has 2 heterocycles. The molecule has 0 unspecified atom stereocenters. The zero-order valence-corrected chi connectivity index (χ0v) is 19.3. The third-order valence-corrected chi connectivity index (χ3v) is 6.11. The summed E-state index contributed by atoms with van der Waals surface area (Å²) in [6.07, 6.45) is 0. The maximum atomic E-state index is 13.7. The lowest BCUT2D eigenvalue weighted by atomic mass is 9.84. The summed E-state index contributed by atoms with van der Waals surface area (Å²) in [6, 6.07) is 26.6. The highest BCUT2D eigenvalue weighted by Crippen LogP contribution is 2.43. The standard InChI is InChI=1S/C28H26N4O2/c1-18-14-16-21(17-15-18)26(24-19(2)29-31(27(24)33)22-10-6-4-7-11-22)25-20(3)30-32(28(25)34)23-12-8-5-9-13-23/h4-17,26,33-34H,1-3H3/p-2. The zero-order valence-electron chi connectivity index (χ0n) is 19.3. The van der Waals surface area contributed by atoms with Gasteiger partial charge in [0, 0.05) is 5.92 Å². The molecular weight excluding hydrogens is 424 g/mol. The molecule has 34 heavy (non-hydrogen) atoms. The van der Waals surface area contributed by atoms with Crippen LogP contribution in [-0.2, 0) is 0 Å². The van der Waals surface area contributed by atoms with Crippen LogP contribution in [0.5, 0.6) is 11.8 Å². The summed E-state index contributed by atoms with van der Waals surface area (Å²) in [5.41, 5.74) is 5.47. The van der Waals surface area contributed by atoms with Gasteiger partial charge in [0.2, 0.25) is 0 Å². The van der Waals surface area contributed by atoms with Crippen LogP contribution in [-0.4, -0.2) is 19.6 Å². The van der Waals surface area contributed by atoms with E-state index in [9.17, 15) is 10.2 Å². The van der Waals surface area contributed by atoms with E-state index in [1.54, 1.807) is 0 Å². The summed E-state index contributed by atoms with van der Waals surface area (Å²) in [6.45, 7) is 5.64.